The standard InChI is InChI=1S/C26H23F3N6O2S/c1-34(22-14-30-19-8-4-5-9-20(19)31-22)33-23(36)21-15-38-24(32-21)16-10-12-35(13-11-16)25(37)17-6-2-3-7-18(17)26(27,28)29/h2-9,14-16H,10-13H2,1H3,(H,33,36). The van der Waals surface area contributed by atoms with Crippen LogP contribution in [0.15, 0.2) is 60.1 Å². The number of hydrazine groups is 1. The first-order valence-electron chi connectivity index (χ1n) is 11.9. The second-order valence-corrected chi connectivity index (χ2v) is 9.79. The molecule has 1 fully saturated rings. The number of amides is 2. The molecular formula is C26H23F3N6O2S. The maximum absolute atomic E-state index is 13.3. The summed E-state index contributed by atoms with van der Waals surface area (Å²) in [6, 6.07) is 12.3. The van der Waals surface area contributed by atoms with Gasteiger partial charge in [0.15, 0.2) is 5.82 Å². The number of rotatable bonds is 5. The van der Waals surface area contributed by atoms with Crippen LogP contribution in [0.3, 0.4) is 0 Å². The van der Waals surface area contributed by atoms with Crippen molar-refractivity contribution in [2.75, 3.05) is 25.1 Å². The zero-order valence-corrected chi connectivity index (χ0v) is 21.1. The minimum absolute atomic E-state index is 0.00699. The highest BCUT2D eigenvalue weighted by molar-refractivity contribution is 7.09. The second-order valence-electron chi connectivity index (χ2n) is 8.90. The van der Waals surface area contributed by atoms with Gasteiger partial charge in [0.25, 0.3) is 11.8 Å². The number of halogens is 3. The minimum Gasteiger partial charge on any atom is -0.339 e. The number of piperidine rings is 1. The highest BCUT2D eigenvalue weighted by Crippen LogP contribution is 2.34. The zero-order valence-electron chi connectivity index (χ0n) is 20.3. The topological polar surface area (TPSA) is 91.3 Å². The maximum atomic E-state index is 13.3. The lowest BCUT2D eigenvalue weighted by molar-refractivity contribution is -0.138. The summed E-state index contributed by atoms with van der Waals surface area (Å²) in [5.41, 5.74) is 3.18. The lowest BCUT2D eigenvalue weighted by atomic mass is 9.96. The third-order valence-corrected chi connectivity index (χ3v) is 7.40. The molecule has 196 valence electrons. The number of benzene rings is 2. The van der Waals surface area contributed by atoms with Gasteiger partial charge in [0.2, 0.25) is 0 Å². The van der Waals surface area contributed by atoms with Crippen molar-refractivity contribution in [2.45, 2.75) is 24.9 Å². The molecule has 1 N–H and O–H groups in total. The van der Waals surface area contributed by atoms with Crippen LogP contribution in [0.4, 0.5) is 19.0 Å². The van der Waals surface area contributed by atoms with Gasteiger partial charge in [0, 0.05) is 31.4 Å². The predicted molar refractivity (Wildman–Crippen MR) is 137 cm³/mol. The van der Waals surface area contributed by atoms with Crippen LogP contribution >= 0.6 is 11.3 Å². The molecule has 2 aromatic carbocycles. The second kappa shape index (κ2) is 10.4. The van der Waals surface area contributed by atoms with Gasteiger partial charge in [-0.15, -0.1) is 11.3 Å². The molecule has 0 aliphatic carbocycles. The van der Waals surface area contributed by atoms with E-state index in [-0.39, 0.29) is 17.2 Å². The molecule has 38 heavy (non-hydrogen) atoms. The van der Waals surface area contributed by atoms with E-state index in [4.69, 9.17) is 0 Å². The molecule has 1 saturated heterocycles. The highest BCUT2D eigenvalue weighted by atomic mass is 32.1. The number of carbonyl (C=O) groups excluding carboxylic acids is 2. The lowest BCUT2D eigenvalue weighted by Crippen LogP contribution is -2.40. The van der Waals surface area contributed by atoms with Gasteiger partial charge in [-0.3, -0.25) is 25.0 Å². The van der Waals surface area contributed by atoms with E-state index in [0.717, 1.165) is 16.6 Å². The van der Waals surface area contributed by atoms with Crippen LogP contribution < -0.4 is 10.4 Å². The van der Waals surface area contributed by atoms with Crippen molar-refractivity contribution in [1.29, 1.82) is 0 Å². The first kappa shape index (κ1) is 25.6. The Kier molecular flexibility index (Phi) is 6.98. The molecule has 3 heterocycles. The number of carbonyl (C=O) groups is 2. The van der Waals surface area contributed by atoms with E-state index in [1.165, 1.54) is 39.4 Å². The fourth-order valence-electron chi connectivity index (χ4n) is 4.37. The third kappa shape index (κ3) is 5.30. The molecule has 2 amide bonds. The van der Waals surface area contributed by atoms with Crippen molar-refractivity contribution < 1.29 is 22.8 Å². The van der Waals surface area contributed by atoms with Crippen LogP contribution in [0, 0.1) is 0 Å². The van der Waals surface area contributed by atoms with E-state index in [9.17, 15) is 22.8 Å². The van der Waals surface area contributed by atoms with Gasteiger partial charge in [0.1, 0.15) is 5.69 Å². The average molecular weight is 541 g/mol. The molecule has 12 heteroatoms. The van der Waals surface area contributed by atoms with Crippen molar-refractivity contribution >= 4 is 40.0 Å². The Hall–Kier alpha value is -4.06. The summed E-state index contributed by atoms with van der Waals surface area (Å²) in [6.07, 6.45) is -1.95. The number of hydrogen-bond donors (Lipinski definition) is 1. The van der Waals surface area contributed by atoms with Crippen molar-refractivity contribution in [3.05, 3.63) is 81.9 Å². The molecule has 0 bridgehead atoms. The average Bonchev–Trinajstić information content (AvgIpc) is 3.43. The number of nitrogens with one attached hydrogen (secondary N) is 1. The predicted octanol–water partition coefficient (Wildman–Crippen LogP) is 4.91. The molecule has 2 aromatic heterocycles. The van der Waals surface area contributed by atoms with Crippen molar-refractivity contribution in [2.24, 2.45) is 0 Å². The molecule has 8 nitrogen and oxygen atoms in total. The number of thiazole rings is 1. The van der Waals surface area contributed by atoms with Gasteiger partial charge in [-0.2, -0.15) is 13.2 Å². The summed E-state index contributed by atoms with van der Waals surface area (Å²) in [4.78, 5) is 40.4. The number of fused-ring (bicyclic) bond motifs is 1. The van der Waals surface area contributed by atoms with Crippen LogP contribution in [0.1, 0.15) is 50.2 Å². The first-order chi connectivity index (χ1) is 18.2. The Balaban J connectivity index is 1.20. The Bertz CT molecular complexity index is 1480. The molecule has 0 unspecified atom stereocenters. The summed E-state index contributed by atoms with van der Waals surface area (Å²) >= 11 is 1.35. The molecule has 0 radical (unpaired) electrons. The monoisotopic (exact) mass is 540 g/mol. The molecular weight excluding hydrogens is 517 g/mol. The Labute approximate surface area is 220 Å². The fraction of sp³-hybridized carbons (Fsp3) is 0.269. The van der Waals surface area contributed by atoms with Crippen molar-refractivity contribution in [3.63, 3.8) is 0 Å². The summed E-state index contributed by atoms with van der Waals surface area (Å²) in [5.74, 6) is -0.555. The van der Waals surface area contributed by atoms with E-state index in [0.29, 0.717) is 37.3 Å². The zero-order chi connectivity index (χ0) is 26.9. The van der Waals surface area contributed by atoms with Crippen LogP contribution in [0.2, 0.25) is 0 Å². The number of likely N-dealkylation sites (tertiary alicyclic amines) is 1. The number of hydrogen-bond acceptors (Lipinski definition) is 7. The van der Waals surface area contributed by atoms with Crippen molar-refractivity contribution in [3.8, 4) is 0 Å². The Morgan fingerprint density at radius 1 is 1.03 bits per heavy atom. The third-order valence-electron chi connectivity index (χ3n) is 6.40. The van der Waals surface area contributed by atoms with E-state index < -0.39 is 23.6 Å². The molecule has 4 aromatic rings. The summed E-state index contributed by atoms with van der Waals surface area (Å²) < 4.78 is 40.0. The summed E-state index contributed by atoms with van der Waals surface area (Å²) in [5, 5.41) is 3.90. The molecule has 0 saturated carbocycles. The molecule has 1 aliphatic heterocycles. The van der Waals surface area contributed by atoms with E-state index >= 15 is 0 Å². The quantitative estimate of drug-likeness (QED) is 0.362. The van der Waals surface area contributed by atoms with Crippen LogP contribution in [0.5, 0.6) is 0 Å². The molecule has 5 rings (SSSR count). The van der Waals surface area contributed by atoms with Gasteiger partial charge in [0.05, 0.1) is 33.4 Å². The van der Waals surface area contributed by atoms with Crippen LogP contribution in [0.25, 0.3) is 11.0 Å². The van der Waals surface area contributed by atoms with Gasteiger partial charge in [-0.05, 0) is 37.1 Å². The normalized spacial score (nSPS) is 14.5. The minimum atomic E-state index is -4.60. The molecule has 0 spiro atoms. The van der Waals surface area contributed by atoms with Crippen molar-refractivity contribution in [1.82, 2.24) is 25.3 Å². The summed E-state index contributed by atoms with van der Waals surface area (Å²) in [7, 11) is 1.66. The van der Waals surface area contributed by atoms with Gasteiger partial charge in [-0.25, -0.2) is 9.97 Å². The number of anilines is 1. The van der Waals surface area contributed by atoms with Gasteiger partial charge < -0.3 is 4.90 Å². The van der Waals surface area contributed by atoms with Gasteiger partial charge in [-0.1, -0.05) is 24.3 Å². The van der Waals surface area contributed by atoms with E-state index in [1.807, 2.05) is 24.3 Å². The fourth-order valence-corrected chi connectivity index (χ4v) is 5.34. The van der Waals surface area contributed by atoms with E-state index in [1.54, 1.807) is 18.6 Å². The SMILES string of the molecule is CN(NC(=O)c1csc(C2CCN(C(=O)c3ccccc3C(F)(F)F)CC2)n1)c1cnc2ccccc2n1. The Morgan fingerprint density at radius 2 is 1.71 bits per heavy atom. The highest BCUT2D eigenvalue weighted by Gasteiger charge is 2.36. The smallest absolute Gasteiger partial charge is 0.339 e. The van der Waals surface area contributed by atoms with Crippen LogP contribution in [-0.2, 0) is 6.18 Å². The number of nitrogens with zero attached hydrogens (tertiary/aromatic N) is 5. The maximum Gasteiger partial charge on any atom is 0.417 e. The lowest BCUT2D eigenvalue weighted by Gasteiger charge is -2.31. The Morgan fingerprint density at radius 3 is 2.45 bits per heavy atom. The number of para-hydroxylation sites is 2. The summed E-state index contributed by atoms with van der Waals surface area (Å²) in [6.45, 7) is 0.611. The van der Waals surface area contributed by atoms with Crippen LogP contribution in [-0.4, -0.2) is 51.8 Å². The molecule has 0 atom stereocenters. The number of aromatic nitrogens is 3. The van der Waals surface area contributed by atoms with Gasteiger partial charge >= 0.3 is 6.18 Å². The number of alkyl halides is 3. The largest absolute Gasteiger partial charge is 0.417 e. The molecule has 1 aliphatic rings. The first-order valence-corrected chi connectivity index (χ1v) is 12.8. The van der Waals surface area contributed by atoms with E-state index in [2.05, 4.69) is 20.4 Å².